The van der Waals surface area contributed by atoms with Gasteiger partial charge in [0.15, 0.2) is 13.1 Å². The van der Waals surface area contributed by atoms with Crippen LogP contribution in [0.25, 0.3) is 0 Å². The van der Waals surface area contributed by atoms with E-state index in [1.807, 2.05) is 4.90 Å². The van der Waals surface area contributed by atoms with Crippen molar-refractivity contribution in [3.05, 3.63) is 35.4 Å². The number of hydrogen-bond acceptors (Lipinski definition) is 2. The predicted molar refractivity (Wildman–Crippen MR) is 111 cm³/mol. The molecule has 0 bridgehead atoms. The van der Waals surface area contributed by atoms with Crippen molar-refractivity contribution in [3.8, 4) is 0 Å². The quantitative estimate of drug-likeness (QED) is 0.562. The maximum absolute atomic E-state index is 12.7. The highest BCUT2D eigenvalue weighted by Gasteiger charge is 2.27. The van der Waals surface area contributed by atoms with E-state index in [0.717, 1.165) is 26.2 Å². The fourth-order valence-electron chi connectivity index (χ4n) is 3.82. The molecule has 0 aliphatic carbocycles. The molecule has 1 saturated heterocycles. The second kappa shape index (κ2) is 10.6. The molecule has 0 radical (unpaired) electrons. The van der Waals surface area contributed by atoms with Gasteiger partial charge in [-0.05, 0) is 11.5 Å². The summed E-state index contributed by atoms with van der Waals surface area (Å²) >= 11 is 0. The van der Waals surface area contributed by atoms with Gasteiger partial charge in [-0.1, -0.05) is 52.0 Å². The molecule has 0 spiro atoms. The Bertz CT molecular complexity index is 634. The van der Waals surface area contributed by atoms with Crippen molar-refractivity contribution in [1.82, 2.24) is 10.2 Å². The zero-order chi connectivity index (χ0) is 20.7. The highest BCUT2D eigenvalue weighted by molar-refractivity contribution is 5.77. The van der Waals surface area contributed by atoms with Gasteiger partial charge >= 0.3 is 0 Å². The fourth-order valence-corrected chi connectivity index (χ4v) is 3.82. The summed E-state index contributed by atoms with van der Waals surface area (Å²) in [5.41, 5.74) is 2.63. The Morgan fingerprint density at radius 2 is 1.64 bits per heavy atom. The number of nitrogens with one attached hydrogen (secondary N) is 2. The Morgan fingerprint density at radius 1 is 1.07 bits per heavy atom. The molecular weight excluding hydrogens is 352 g/mol. The molecule has 28 heavy (non-hydrogen) atoms. The molecule has 1 heterocycles. The molecule has 6 nitrogen and oxygen atoms in total. The van der Waals surface area contributed by atoms with Crippen LogP contribution >= 0.6 is 0 Å². The van der Waals surface area contributed by atoms with Gasteiger partial charge in [0, 0.05) is 18.5 Å². The topological polar surface area (TPSA) is 70.5 Å². The molecule has 0 unspecified atom stereocenters. The summed E-state index contributed by atoms with van der Waals surface area (Å²) in [6.45, 7) is 12.9. The van der Waals surface area contributed by atoms with Crippen LogP contribution in [-0.2, 0) is 9.59 Å². The lowest BCUT2D eigenvalue weighted by Gasteiger charge is -2.31. The molecule has 2 rings (SSSR count). The number of nitrogens with two attached hydrogens (primary N) is 1. The highest BCUT2D eigenvalue weighted by Crippen LogP contribution is 2.21. The molecule has 4 N–H and O–H groups in total. The summed E-state index contributed by atoms with van der Waals surface area (Å²) in [6, 6.07) is 9.12. The number of likely N-dealkylation sites (N-methyl/N-ethyl adjacent to an activating group) is 1. The number of benzene rings is 1. The van der Waals surface area contributed by atoms with E-state index in [1.165, 1.54) is 16.0 Å². The third-order valence-corrected chi connectivity index (χ3v) is 5.77. The lowest BCUT2D eigenvalue weighted by atomic mass is 9.93. The lowest BCUT2D eigenvalue weighted by molar-refractivity contribution is -0.896. The standard InChI is InChI=1S/C22H36N4O2/c1-16(2)18-6-8-19(9-7-18)22(17(3)4)24-14-21(28)26-12-10-25(11-13-26)15-20(27)23-5/h6-9,16-17,22,24H,10-15H2,1-5H3,(H,23,27)/p+2/t22-/m0/s1. The van der Waals surface area contributed by atoms with E-state index in [0.29, 0.717) is 24.9 Å². The van der Waals surface area contributed by atoms with Crippen LogP contribution in [0.4, 0.5) is 0 Å². The number of quaternary nitrogens is 2. The summed E-state index contributed by atoms with van der Waals surface area (Å²) in [5, 5.41) is 4.85. The largest absolute Gasteiger partial charge is 0.354 e. The molecular formula is C22H38N4O2+2. The third-order valence-electron chi connectivity index (χ3n) is 5.77. The maximum atomic E-state index is 12.7. The average Bonchev–Trinajstić information content (AvgIpc) is 2.68. The van der Waals surface area contributed by atoms with E-state index in [2.05, 4.69) is 62.6 Å². The van der Waals surface area contributed by atoms with Crippen LogP contribution in [0.2, 0.25) is 0 Å². The molecule has 156 valence electrons. The molecule has 0 aromatic heterocycles. The average molecular weight is 391 g/mol. The molecule has 1 atom stereocenters. The van der Waals surface area contributed by atoms with Crippen molar-refractivity contribution in [2.75, 3.05) is 46.3 Å². The minimum Gasteiger partial charge on any atom is -0.354 e. The van der Waals surface area contributed by atoms with Gasteiger partial charge in [0.05, 0.1) is 26.2 Å². The van der Waals surface area contributed by atoms with Crippen LogP contribution in [0.3, 0.4) is 0 Å². The van der Waals surface area contributed by atoms with Gasteiger partial charge in [-0.3, -0.25) is 9.59 Å². The zero-order valence-corrected chi connectivity index (χ0v) is 18.1. The molecule has 0 saturated carbocycles. The van der Waals surface area contributed by atoms with E-state index < -0.39 is 0 Å². The Balaban J connectivity index is 1.86. The number of hydrogen-bond donors (Lipinski definition) is 3. The van der Waals surface area contributed by atoms with Gasteiger partial charge in [-0.2, -0.15) is 0 Å². The van der Waals surface area contributed by atoms with Crippen molar-refractivity contribution in [2.45, 2.75) is 39.7 Å². The monoisotopic (exact) mass is 390 g/mol. The first-order valence-electron chi connectivity index (χ1n) is 10.6. The number of carbonyl (C=O) groups excluding carboxylic acids is 2. The van der Waals surface area contributed by atoms with E-state index in [-0.39, 0.29) is 17.9 Å². The van der Waals surface area contributed by atoms with Crippen LogP contribution in [0.5, 0.6) is 0 Å². The summed E-state index contributed by atoms with van der Waals surface area (Å²) in [5.74, 6) is 1.24. The second-order valence-electron chi connectivity index (χ2n) is 8.51. The molecule has 1 aromatic carbocycles. The zero-order valence-electron chi connectivity index (χ0n) is 18.1. The Morgan fingerprint density at radius 3 is 2.14 bits per heavy atom. The first-order chi connectivity index (χ1) is 13.3. The summed E-state index contributed by atoms with van der Waals surface area (Å²) in [7, 11) is 1.67. The van der Waals surface area contributed by atoms with Gasteiger partial charge in [0.1, 0.15) is 6.04 Å². The Kier molecular flexibility index (Phi) is 8.45. The molecule has 1 aromatic rings. The van der Waals surface area contributed by atoms with Gasteiger partial charge < -0.3 is 20.4 Å². The van der Waals surface area contributed by atoms with Crippen LogP contribution in [0, 0.1) is 5.92 Å². The summed E-state index contributed by atoms with van der Waals surface area (Å²) in [4.78, 5) is 27.4. The van der Waals surface area contributed by atoms with Crippen LogP contribution < -0.4 is 15.5 Å². The minimum atomic E-state index is 0.0615. The first kappa shape index (κ1) is 22.4. The summed E-state index contributed by atoms with van der Waals surface area (Å²) in [6.07, 6.45) is 0. The smallest absolute Gasteiger partial charge is 0.278 e. The number of nitrogens with zero attached hydrogens (tertiary/aromatic N) is 1. The third kappa shape index (κ3) is 6.31. The maximum Gasteiger partial charge on any atom is 0.278 e. The number of rotatable bonds is 8. The fraction of sp³-hybridized carbons (Fsp3) is 0.636. The molecule has 1 aliphatic rings. The van der Waals surface area contributed by atoms with Crippen molar-refractivity contribution >= 4 is 11.8 Å². The van der Waals surface area contributed by atoms with Crippen LogP contribution in [-0.4, -0.2) is 63.0 Å². The molecule has 1 fully saturated rings. The number of carbonyl (C=O) groups is 2. The van der Waals surface area contributed by atoms with Crippen molar-refractivity contribution in [3.63, 3.8) is 0 Å². The van der Waals surface area contributed by atoms with Gasteiger partial charge in [0.25, 0.3) is 11.8 Å². The Labute approximate surface area is 169 Å². The number of amides is 2. The van der Waals surface area contributed by atoms with Gasteiger partial charge in [0.2, 0.25) is 0 Å². The lowest BCUT2D eigenvalue weighted by Crippen LogP contribution is -3.16. The van der Waals surface area contributed by atoms with Crippen molar-refractivity contribution in [1.29, 1.82) is 0 Å². The number of piperazine rings is 1. The Hall–Kier alpha value is -1.92. The first-order valence-corrected chi connectivity index (χ1v) is 10.6. The highest BCUT2D eigenvalue weighted by atomic mass is 16.2. The normalized spacial score (nSPS) is 16.5. The van der Waals surface area contributed by atoms with Crippen LogP contribution in [0.15, 0.2) is 24.3 Å². The van der Waals surface area contributed by atoms with E-state index >= 15 is 0 Å². The van der Waals surface area contributed by atoms with Crippen molar-refractivity contribution in [2.24, 2.45) is 5.92 Å². The van der Waals surface area contributed by atoms with Crippen molar-refractivity contribution < 1.29 is 19.8 Å². The minimum absolute atomic E-state index is 0.0615. The molecule has 2 amide bonds. The predicted octanol–water partition coefficient (Wildman–Crippen LogP) is -0.456. The van der Waals surface area contributed by atoms with E-state index in [9.17, 15) is 9.59 Å². The van der Waals surface area contributed by atoms with Crippen LogP contribution in [0.1, 0.15) is 50.8 Å². The van der Waals surface area contributed by atoms with Gasteiger partial charge in [-0.25, -0.2) is 0 Å². The molecule has 1 aliphatic heterocycles. The SMILES string of the molecule is CNC(=O)C[NH+]1CCN(C(=O)C[NH2+][C@H](c2ccc(C(C)C)cc2)C(C)C)CC1. The molecule has 6 heteroatoms. The second-order valence-corrected chi connectivity index (χ2v) is 8.51. The van der Waals surface area contributed by atoms with E-state index in [4.69, 9.17) is 0 Å². The summed E-state index contributed by atoms with van der Waals surface area (Å²) < 4.78 is 0. The van der Waals surface area contributed by atoms with E-state index in [1.54, 1.807) is 7.05 Å². The van der Waals surface area contributed by atoms with Gasteiger partial charge in [-0.15, -0.1) is 0 Å².